The van der Waals surface area contributed by atoms with Crippen molar-refractivity contribution in [2.45, 2.75) is 13.5 Å². The lowest BCUT2D eigenvalue weighted by Crippen LogP contribution is -2.54. The van der Waals surface area contributed by atoms with Gasteiger partial charge in [0.1, 0.15) is 17.9 Å². The van der Waals surface area contributed by atoms with Gasteiger partial charge in [-0.3, -0.25) is 19.7 Å². The molecule has 9 heteroatoms. The smallest absolute Gasteiger partial charge is 0.270 e. The maximum Gasteiger partial charge on any atom is 0.270 e. The number of thiocarbonyl (C=S) groups is 1. The molecular weight excluding hydrogens is 491 g/mol. The molecule has 5 rings (SSSR count). The number of nitrogens with one attached hydrogen (secondary N) is 2. The Balaban J connectivity index is 1.49. The Morgan fingerprint density at radius 2 is 1.73 bits per heavy atom. The molecule has 1 fully saturated rings. The van der Waals surface area contributed by atoms with Gasteiger partial charge in [-0.1, -0.05) is 48.0 Å². The van der Waals surface area contributed by atoms with Crippen molar-refractivity contribution in [3.05, 3.63) is 102 Å². The van der Waals surface area contributed by atoms with Crippen LogP contribution in [0.5, 0.6) is 0 Å². The maximum atomic E-state index is 14.5. The van der Waals surface area contributed by atoms with Crippen LogP contribution in [0.25, 0.3) is 17.0 Å². The Hall–Kier alpha value is -4.63. The van der Waals surface area contributed by atoms with Crippen LogP contribution in [-0.4, -0.2) is 27.4 Å². The zero-order valence-corrected chi connectivity index (χ0v) is 20.5. The highest BCUT2D eigenvalue weighted by molar-refractivity contribution is 7.80. The molecule has 7 nitrogen and oxygen atoms in total. The van der Waals surface area contributed by atoms with E-state index in [1.165, 1.54) is 24.3 Å². The van der Waals surface area contributed by atoms with E-state index in [1.54, 1.807) is 16.8 Å². The molecule has 2 heterocycles. The van der Waals surface area contributed by atoms with Crippen molar-refractivity contribution < 1.29 is 18.8 Å². The second-order valence-corrected chi connectivity index (χ2v) is 8.94. The Morgan fingerprint density at radius 1 is 1.03 bits per heavy atom. The summed E-state index contributed by atoms with van der Waals surface area (Å²) in [6.07, 6.45) is 3.14. The fraction of sp³-hybridized carbons (Fsp3) is 0.0714. The molecular formula is C28H21FN4O3S. The standard InChI is InChI=1S/C28H21FN4O3S/c1-17-10-12-19(13-11-17)30-25(34)16-32-15-18(20-6-2-4-8-23(20)32)14-21-26(35)31-28(37)33(27(21)36)24-9-5-3-7-22(24)29/h2-15H,16H2,1H3,(H,30,34)(H,31,35,37)/b21-14+. The fourth-order valence-electron chi connectivity index (χ4n) is 4.18. The van der Waals surface area contributed by atoms with Crippen LogP contribution in [-0.2, 0) is 20.9 Å². The molecule has 3 aromatic carbocycles. The zero-order valence-electron chi connectivity index (χ0n) is 19.7. The topological polar surface area (TPSA) is 83.4 Å². The van der Waals surface area contributed by atoms with E-state index >= 15 is 0 Å². The molecule has 0 spiro atoms. The van der Waals surface area contributed by atoms with E-state index < -0.39 is 17.6 Å². The van der Waals surface area contributed by atoms with E-state index in [0.29, 0.717) is 11.3 Å². The van der Waals surface area contributed by atoms with Gasteiger partial charge < -0.3 is 9.88 Å². The Kier molecular flexibility index (Phi) is 6.37. The number of carbonyl (C=O) groups excluding carboxylic acids is 3. The van der Waals surface area contributed by atoms with Gasteiger partial charge in [-0.25, -0.2) is 9.29 Å². The summed E-state index contributed by atoms with van der Waals surface area (Å²) >= 11 is 5.16. The number of rotatable bonds is 5. The van der Waals surface area contributed by atoms with Gasteiger partial charge in [0.15, 0.2) is 5.11 Å². The molecule has 1 saturated heterocycles. The minimum atomic E-state index is -0.743. The lowest BCUT2D eigenvalue weighted by atomic mass is 10.1. The highest BCUT2D eigenvalue weighted by Gasteiger charge is 2.35. The van der Waals surface area contributed by atoms with E-state index in [0.717, 1.165) is 21.4 Å². The first-order valence-electron chi connectivity index (χ1n) is 11.4. The van der Waals surface area contributed by atoms with E-state index in [-0.39, 0.29) is 28.8 Å². The minimum Gasteiger partial charge on any atom is -0.337 e. The monoisotopic (exact) mass is 512 g/mol. The van der Waals surface area contributed by atoms with Gasteiger partial charge in [-0.15, -0.1) is 0 Å². The Bertz CT molecular complexity index is 1610. The van der Waals surface area contributed by atoms with E-state index in [9.17, 15) is 18.8 Å². The van der Waals surface area contributed by atoms with Crippen molar-refractivity contribution in [2.24, 2.45) is 0 Å². The fourth-order valence-corrected chi connectivity index (χ4v) is 4.45. The molecule has 0 aliphatic carbocycles. The number of aromatic nitrogens is 1. The van der Waals surface area contributed by atoms with Crippen molar-refractivity contribution in [1.82, 2.24) is 9.88 Å². The number of benzene rings is 3. The number of amides is 3. The van der Waals surface area contributed by atoms with Crippen LogP contribution >= 0.6 is 12.2 Å². The summed E-state index contributed by atoms with van der Waals surface area (Å²) in [5.74, 6) is -2.31. The van der Waals surface area contributed by atoms with Crippen LogP contribution in [0, 0.1) is 12.7 Å². The second-order valence-electron chi connectivity index (χ2n) is 8.55. The molecule has 1 aliphatic rings. The van der Waals surface area contributed by atoms with Crippen LogP contribution in [0.1, 0.15) is 11.1 Å². The molecule has 0 unspecified atom stereocenters. The van der Waals surface area contributed by atoms with Crippen molar-refractivity contribution in [3.63, 3.8) is 0 Å². The first-order valence-corrected chi connectivity index (χ1v) is 11.8. The minimum absolute atomic E-state index is 0.0170. The number of anilines is 2. The molecule has 0 saturated carbocycles. The van der Waals surface area contributed by atoms with Gasteiger partial charge in [0, 0.05) is 28.4 Å². The molecule has 3 amide bonds. The lowest BCUT2D eigenvalue weighted by Gasteiger charge is -2.29. The van der Waals surface area contributed by atoms with E-state index in [4.69, 9.17) is 12.2 Å². The molecule has 2 N–H and O–H groups in total. The van der Waals surface area contributed by atoms with Crippen LogP contribution in [0.3, 0.4) is 0 Å². The predicted molar refractivity (Wildman–Crippen MR) is 144 cm³/mol. The number of fused-ring (bicyclic) bond motifs is 1. The second kappa shape index (κ2) is 9.79. The third-order valence-electron chi connectivity index (χ3n) is 5.96. The van der Waals surface area contributed by atoms with Gasteiger partial charge in [-0.05, 0) is 55.5 Å². The Labute approximate surface area is 217 Å². The largest absolute Gasteiger partial charge is 0.337 e. The molecule has 0 radical (unpaired) electrons. The number of halogens is 1. The lowest BCUT2D eigenvalue weighted by molar-refractivity contribution is -0.122. The summed E-state index contributed by atoms with van der Waals surface area (Å²) < 4.78 is 16.2. The number of hydrogen-bond acceptors (Lipinski definition) is 4. The van der Waals surface area contributed by atoms with Crippen LogP contribution < -0.4 is 15.5 Å². The van der Waals surface area contributed by atoms with Crippen LogP contribution in [0.4, 0.5) is 15.8 Å². The normalized spacial score (nSPS) is 14.8. The zero-order chi connectivity index (χ0) is 26.1. The molecule has 37 heavy (non-hydrogen) atoms. The summed E-state index contributed by atoms with van der Waals surface area (Å²) in [5, 5.41) is 5.88. The van der Waals surface area contributed by atoms with Crippen LogP contribution in [0.2, 0.25) is 0 Å². The Morgan fingerprint density at radius 3 is 2.49 bits per heavy atom. The molecule has 0 bridgehead atoms. The molecule has 1 aromatic heterocycles. The highest BCUT2D eigenvalue weighted by Crippen LogP contribution is 2.28. The molecule has 4 aromatic rings. The quantitative estimate of drug-likeness (QED) is 0.233. The summed E-state index contributed by atoms with van der Waals surface area (Å²) in [6.45, 7) is 1.98. The van der Waals surface area contributed by atoms with E-state index in [2.05, 4.69) is 10.6 Å². The van der Waals surface area contributed by atoms with Crippen molar-refractivity contribution >= 4 is 63.4 Å². The number of carbonyl (C=O) groups is 3. The summed E-state index contributed by atoms with van der Waals surface area (Å²) in [6, 6.07) is 20.5. The van der Waals surface area contributed by atoms with Crippen LogP contribution in [0.15, 0.2) is 84.6 Å². The third kappa shape index (κ3) is 4.76. The average molecular weight is 513 g/mol. The average Bonchev–Trinajstić information content (AvgIpc) is 3.21. The molecule has 184 valence electrons. The summed E-state index contributed by atoms with van der Waals surface area (Å²) in [7, 11) is 0. The van der Waals surface area contributed by atoms with Gasteiger partial charge in [0.2, 0.25) is 5.91 Å². The van der Waals surface area contributed by atoms with Crippen molar-refractivity contribution in [1.29, 1.82) is 0 Å². The highest BCUT2D eigenvalue weighted by atomic mass is 32.1. The SMILES string of the molecule is Cc1ccc(NC(=O)Cn2cc(/C=C3\C(=O)NC(=S)N(c4ccccc4F)C3=O)c3ccccc32)cc1. The first-order chi connectivity index (χ1) is 17.8. The number of nitrogens with zero attached hydrogens (tertiary/aromatic N) is 2. The number of hydrogen-bond donors (Lipinski definition) is 2. The van der Waals surface area contributed by atoms with Crippen molar-refractivity contribution in [2.75, 3.05) is 10.2 Å². The maximum absolute atomic E-state index is 14.5. The number of aryl methyl sites for hydroxylation is 1. The van der Waals surface area contributed by atoms with Gasteiger partial charge >= 0.3 is 0 Å². The molecule has 0 atom stereocenters. The van der Waals surface area contributed by atoms with Gasteiger partial charge in [0.05, 0.1) is 5.69 Å². The summed E-state index contributed by atoms with van der Waals surface area (Å²) in [4.78, 5) is 39.8. The summed E-state index contributed by atoms with van der Waals surface area (Å²) in [5.41, 5.74) is 2.81. The molecule has 1 aliphatic heterocycles. The third-order valence-corrected chi connectivity index (χ3v) is 6.25. The van der Waals surface area contributed by atoms with Crippen molar-refractivity contribution in [3.8, 4) is 0 Å². The number of para-hydroxylation sites is 2. The van der Waals surface area contributed by atoms with Gasteiger partial charge in [-0.2, -0.15) is 0 Å². The predicted octanol–water partition coefficient (Wildman–Crippen LogP) is 4.56. The first kappa shape index (κ1) is 24.1. The van der Waals surface area contributed by atoms with Gasteiger partial charge in [0.25, 0.3) is 11.8 Å². The van der Waals surface area contributed by atoms with E-state index in [1.807, 2.05) is 55.5 Å².